The summed E-state index contributed by atoms with van der Waals surface area (Å²) in [5.74, 6) is 0. The van der Waals surface area contributed by atoms with Gasteiger partial charge >= 0.3 is 0 Å². The van der Waals surface area contributed by atoms with E-state index >= 15 is 0 Å². The summed E-state index contributed by atoms with van der Waals surface area (Å²) in [6, 6.07) is 6.07. The van der Waals surface area contributed by atoms with Crippen molar-refractivity contribution in [3.63, 3.8) is 0 Å². The molecule has 2 aromatic rings. The number of fused-ring (bicyclic) bond motifs is 1. The lowest BCUT2D eigenvalue weighted by Gasteiger charge is -2.21. The maximum Gasteiger partial charge on any atom is 0.0649 e. The Kier molecular flexibility index (Phi) is 2.69. The molecule has 0 fully saturated rings. The van der Waals surface area contributed by atoms with Crippen molar-refractivity contribution in [2.45, 2.75) is 6.42 Å². The number of nitrogens with zero attached hydrogens (tertiary/aromatic N) is 1. The van der Waals surface area contributed by atoms with Crippen molar-refractivity contribution in [2.24, 2.45) is 0 Å². The fraction of sp³-hybridized carbons (Fsp3) is 0.286. The Bertz CT molecular complexity index is 583. The number of benzene rings is 1. The van der Waals surface area contributed by atoms with Gasteiger partial charge in [0.2, 0.25) is 0 Å². The highest BCUT2D eigenvalue weighted by molar-refractivity contribution is 6.35. The van der Waals surface area contributed by atoms with E-state index in [-0.39, 0.29) is 0 Å². The van der Waals surface area contributed by atoms with Crippen LogP contribution in [0.3, 0.4) is 0 Å². The predicted molar refractivity (Wildman–Crippen MR) is 73.4 cm³/mol. The molecule has 0 spiro atoms. The Morgan fingerprint density at radius 1 is 1.35 bits per heavy atom. The van der Waals surface area contributed by atoms with Gasteiger partial charge in [-0.05, 0) is 25.1 Å². The smallest absolute Gasteiger partial charge is 0.0649 e. The summed E-state index contributed by atoms with van der Waals surface area (Å²) < 4.78 is 0. The first-order chi connectivity index (χ1) is 8.25. The molecule has 0 unspecified atom stereocenters. The summed E-state index contributed by atoms with van der Waals surface area (Å²) in [6.07, 6.45) is 5.50. The second kappa shape index (κ2) is 4.21. The molecule has 88 valence electrons. The summed E-state index contributed by atoms with van der Waals surface area (Å²) in [4.78, 5) is 5.60. The predicted octanol–water partition coefficient (Wildman–Crippen LogP) is 3.54. The second-order valence-corrected chi connectivity index (χ2v) is 5.01. The molecule has 0 amide bonds. The third kappa shape index (κ3) is 1.88. The number of H-pyrrole nitrogens is 1. The number of para-hydroxylation sites is 1. The fourth-order valence-electron chi connectivity index (χ4n) is 2.40. The summed E-state index contributed by atoms with van der Waals surface area (Å²) in [7, 11) is 2.15. The summed E-state index contributed by atoms with van der Waals surface area (Å²) in [5.41, 5.74) is 3.77. The molecule has 0 aliphatic carbocycles. The molecule has 0 saturated carbocycles. The molecule has 0 bridgehead atoms. The molecule has 1 aromatic carbocycles. The summed E-state index contributed by atoms with van der Waals surface area (Å²) >= 11 is 6.17. The average Bonchev–Trinajstić information content (AvgIpc) is 2.75. The number of aromatic amines is 1. The number of likely N-dealkylation sites (N-methyl/N-ethyl adjacent to an activating group) is 1. The number of halogens is 1. The molecule has 3 heteroatoms. The van der Waals surface area contributed by atoms with Crippen LogP contribution in [0.4, 0.5) is 0 Å². The van der Waals surface area contributed by atoms with E-state index in [1.54, 1.807) is 0 Å². The van der Waals surface area contributed by atoms with E-state index in [2.05, 4.69) is 35.3 Å². The van der Waals surface area contributed by atoms with Crippen molar-refractivity contribution >= 4 is 28.1 Å². The SMILES string of the molecule is CN1CC=C(c2c[nH]c3c(Cl)cccc23)CC1. The lowest BCUT2D eigenvalue weighted by molar-refractivity contribution is 0.370. The van der Waals surface area contributed by atoms with Crippen molar-refractivity contribution in [1.29, 1.82) is 0 Å². The summed E-state index contributed by atoms with van der Waals surface area (Å²) in [6.45, 7) is 2.15. The van der Waals surface area contributed by atoms with Gasteiger partial charge in [0.1, 0.15) is 0 Å². The fourth-order valence-corrected chi connectivity index (χ4v) is 2.63. The highest BCUT2D eigenvalue weighted by Gasteiger charge is 2.13. The van der Waals surface area contributed by atoms with Gasteiger partial charge in [0.25, 0.3) is 0 Å². The zero-order valence-corrected chi connectivity index (χ0v) is 10.6. The zero-order valence-electron chi connectivity index (χ0n) is 9.83. The van der Waals surface area contributed by atoms with Gasteiger partial charge in [0.15, 0.2) is 0 Å². The number of nitrogens with one attached hydrogen (secondary N) is 1. The van der Waals surface area contributed by atoms with Gasteiger partial charge in [-0.2, -0.15) is 0 Å². The summed E-state index contributed by atoms with van der Waals surface area (Å²) in [5, 5.41) is 2.02. The van der Waals surface area contributed by atoms with E-state index < -0.39 is 0 Å². The van der Waals surface area contributed by atoms with E-state index in [0.717, 1.165) is 30.0 Å². The van der Waals surface area contributed by atoms with Crippen LogP contribution in [0.25, 0.3) is 16.5 Å². The minimum Gasteiger partial charge on any atom is -0.359 e. The molecular weight excluding hydrogens is 232 g/mol. The van der Waals surface area contributed by atoms with Gasteiger partial charge in [0.05, 0.1) is 10.5 Å². The van der Waals surface area contributed by atoms with Crippen molar-refractivity contribution in [3.05, 3.63) is 41.1 Å². The highest BCUT2D eigenvalue weighted by atomic mass is 35.5. The maximum absolute atomic E-state index is 6.17. The van der Waals surface area contributed by atoms with Crippen LogP contribution in [0.1, 0.15) is 12.0 Å². The lowest BCUT2D eigenvalue weighted by atomic mass is 9.99. The topological polar surface area (TPSA) is 19.0 Å². The van der Waals surface area contributed by atoms with Crippen LogP contribution in [-0.4, -0.2) is 30.0 Å². The average molecular weight is 247 g/mol. The minimum atomic E-state index is 0.794. The van der Waals surface area contributed by atoms with E-state index in [9.17, 15) is 0 Å². The molecule has 2 nitrogen and oxygen atoms in total. The van der Waals surface area contributed by atoms with Crippen molar-refractivity contribution in [1.82, 2.24) is 9.88 Å². The van der Waals surface area contributed by atoms with E-state index in [0.29, 0.717) is 0 Å². The van der Waals surface area contributed by atoms with E-state index in [1.165, 1.54) is 16.5 Å². The molecule has 0 atom stereocenters. The molecule has 1 N–H and O–H groups in total. The minimum absolute atomic E-state index is 0.794. The van der Waals surface area contributed by atoms with Crippen molar-refractivity contribution in [2.75, 3.05) is 20.1 Å². The molecule has 3 rings (SSSR count). The number of hydrogen-bond donors (Lipinski definition) is 1. The first-order valence-corrected chi connectivity index (χ1v) is 6.27. The zero-order chi connectivity index (χ0) is 11.8. The van der Waals surface area contributed by atoms with Crippen molar-refractivity contribution < 1.29 is 0 Å². The standard InChI is InChI=1S/C14H15ClN2/c1-17-7-5-10(6-8-17)12-9-16-14-11(12)3-2-4-13(14)15/h2-5,9,16H,6-8H2,1H3. The van der Waals surface area contributed by atoms with Gasteiger partial charge in [-0.1, -0.05) is 29.8 Å². The molecule has 1 aliphatic rings. The van der Waals surface area contributed by atoms with Gasteiger partial charge in [0, 0.05) is 30.2 Å². The quantitative estimate of drug-likeness (QED) is 0.816. The normalized spacial score (nSPS) is 17.4. The second-order valence-electron chi connectivity index (χ2n) is 4.61. The van der Waals surface area contributed by atoms with Crippen LogP contribution in [0, 0.1) is 0 Å². The monoisotopic (exact) mass is 246 g/mol. The van der Waals surface area contributed by atoms with Crippen molar-refractivity contribution in [3.8, 4) is 0 Å². The highest BCUT2D eigenvalue weighted by Crippen LogP contribution is 2.31. The number of rotatable bonds is 1. The first-order valence-electron chi connectivity index (χ1n) is 5.89. The molecule has 1 aliphatic heterocycles. The van der Waals surface area contributed by atoms with Crippen LogP contribution >= 0.6 is 11.6 Å². The van der Waals surface area contributed by atoms with Gasteiger partial charge in [-0.3, -0.25) is 0 Å². The van der Waals surface area contributed by atoms with Crippen LogP contribution in [-0.2, 0) is 0 Å². The largest absolute Gasteiger partial charge is 0.359 e. The van der Waals surface area contributed by atoms with Gasteiger partial charge in [-0.15, -0.1) is 0 Å². The number of aromatic nitrogens is 1. The van der Waals surface area contributed by atoms with E-state index in [4.69, 9.17) is 11.6 Å². The molecule has 0 radical (unpaired) electrons. The van der Waals surface area contributed by atoms with Crippen LogP contribution in [0.15, 0.2) is 30.5 Å². The van der Waals surface area contributed by atoms with Crippen LogP contribution in [0.2, 0.25) is 5.02 Å². The van der Waals surface area contributed by atoms with Gasteiger partial charge < -0.3 is 9.88 Å². The maximum atomic E-state index is 6.17. The third-order valence-corrected chi connectivity index (χ3v) is 3.74. The Morgan fingerprint density at radius 3 is 3.00 bits per heavy atom. The van der Waals surface area contributed by atoms with Gasteiger partial charge in [-0.25, -0.2) is 0 Å². The molecular formula is C14H15ClN2. The Balaban J connectivity index is 2.10. The molecule has 17 heavy (non-hydrogen) atoms. The van der Waals surface area contributed by atoms with E-state index in [1.807, 2.05) is 12.1 Å². The molecule has 1 aromatic heterocycles. The van der Waals surface area contributed by atoms with Crippen LogP contribution in [0.5, 0.6) is 0 Å². The molecule has 0 saturated heterocycles. The number of hydrogen-bond acceptors (Lipinski definition) is 1. The first kappa shape index (κ1) is 10.9. The Morgan fingerprint density at radius 2 is 2.24 bits per heavy atom. The van der Waals surface area contributed by atoms with Crippen LogP contribution < -0.4 is 0 Å². The Hall–Kier alpha value is -1.25. The lowest BCUT2D eigenvalue weighted by Crippen LogP contribution is -2.23. The Labute approximate surface area is 106 Å². The molecule has 2 heterocycles. The third-order valence-electron chi connectivity index (χ3n) is 3.42.